The minimum absolute atomic E-state index is 0.270. The maximum atomic E-state index is 11.4. The number of ether oxygens (including phenoxy) is 1. The minimum Gasteiger partial charge on any atom is -0.490 e. The van der Waals surface area contributed by atoms with E-state index >= 15 is 0 Å². The predicted molar refractivity (Wildman–Crippen MR) is 84.1 cm³/mol. The van der Waals surface area contributed by atoms with Crippen molar-refractivity contribution in [1.82, 2.24) is 5.43 Å². The van der Waals surface area contributed by atoms with Crippen LogP contribution in [0.1, 0.15) is 39.0 Å². The lowest BCUT2D eigenvalue weighted by molar-refractivity contribution is -0.136. The van der Waals surface area contributed by atoms with E-state index in [0.29, 0.717) is 5.69 Å². The van der Waals surface area contributed by atoms with Gasteiger partial charge in [-0.2, -0.15) is 0 Å². The zero-order valence-electron chi connectivity index (χ0n) is 12.8. The van der Waals surface area contributed by atoms with Crippen LogP contribution in [-0.4, -0.2) is 17.9 Å². The first-order valence-electron chi connectivity index (χ1n) is 7.71. The van der Waals surface area contributed by atoms with Gasteiger partial charge in [-0.25, -0.2) is 5.84 Å². The SMILES string of the molecule is CCC1CCC(Oc2ccc(NC(=O)C(=O)NN)cc2)CC1. The minimum atomic E-state index is -0.881. The second kappa shape index (κ2) is 7.79. The molecule has 0 radical (unpaired) electrons. The van der Waals surface area contributed by atoms with Crippen LogP contribution < -0.4 is 21.3 Å². The van der Waals surface area contributed by atoms with Crippen molar-refractivity contribution in [3.63, 3.8) is 0 Å². The van der Waals surface area contributed by atoms with Crippen LogP contribution in [0.4, 0.5) is 5.69 Å². The molecule has 0 heterocycles. The Morgan fingerprint density at radius 3 is 2.32 bits per heavy atom. The Morgan fingerprint density at radius 2 is 1.77 bits per heavy atom. The summed E-state index contributed by atoms with van der Waals surface area (Å²) < 4.78 is 5.96. The van der Waals surface area contributed by atoms with Gasteiger partial charge in [0.05, 0.1) is 6.10 Å². The molecule has 22 heavy (non-hydrogen) atoms. The Bertz CT molecular complexity index is 508. The highest BCUT2D eigenvalue weighted by Gasteiger charge is 2.21. The molecule has 2 amide bonds. The molecule has 0 bridgehead atoms. The first-order chi connectivity index (χ1) is 10.6. The molecule has 0 saturated heterocycles. The molecule has 1 aliphatic carbocycles. The molecule has 2 rings (SSSR count). The van der Waals surface area contributed by atoms with Crippen LogP contribution >= 0.6 is 0 Å². The first-order valence-corrected chi connectivity index (χ1v) is 7.71. The van der Waals surface area contributed by atoms with Crippen molar-refractivity contribution in [3.05, 3.63) is 24.3 Å². The first kappa shape index (κ1) is 16.3. The number of hydrogen-bond donors (Lipinski definition) is 3. The summed E-state index contributed by atoms with van der Waals surface area (Å²) >= 11 is 0. The standard InChI is InChI=1S/C16H23N3O3/c1-2-11-3-7-13(8-4-11)22-14-9-5-12(6-10-14)18-15(20)16(21)19-17/h5-6,9-11,13H,2-4,7-8,17H2,1H3,(H,18,20)(H,19,21). The fourth-order valence-corrected chi connectivity index (χ4v) is 2.72. The lowest BCUT2D eigenvalue weighted by atomic mass is 9.86. The van der Waals surface area contributed by atoms with Crippen molar-refractivity contribution in [2.45, 2.75) is 45.1 Å². The number of nitrogens with two attached hydrogens (primary N) is 1. The molecule has 1 aromatic carbocycles. The molecule has 0 aliphatic heterocycles. The highest BCUT2D eigenvalue weighted by Crippen LogP contribution is 2.29. The van der Waals surface area contributed by atoms with E-state index in [9.17, 15) is 9.59 Å². The summed E-state index contributed by atoms with van der Waals surface area (Å²) in [6.45, 7) is 2.24. The number of nitrogens with one attached hydrogen (secondary N) is 2. The topological polar surface area (TPSA) is 93.4 Å². The molecule has 1 aromatic rings. The van der Waals surface area contributed by atoms with E-state index < -0.39 is 11.8 Å². The third kappa shape index (κ3) is 4.46. The highest BCUT2D eigenvalue weighted by molar-refractivity contribution is 6.39. The van der Waals surface area contributed by atoms with E-state index in [0.717, 1.165) is 24.5 Å². The number of anilines is 1. The summed E-state index contributed by atoms with van der Waals surface area (Å²) in [4.78, 5) is 22.4. The molecule has 6 nitrogen and oxygen atoms in total. The van der Waals surface area contributed by atoms with Crippen molar-refractivity contribution >= 4 is 17.5 Å². The van der Waals surface area contributed by atoms with Crippen LogP contribution in [-0.2, 0) is 9.59 Å². The van der Waals surface area contributed by atoms with E-state index in [-0.39, 0.29) is 6.10 Å². The van der Waals surface area contributed by atoms with Gasteiger partial charge >= 0.3 is 11.8 Å². The van der Waals surface area contributed by atoms with Gasteiger partial charge in [-0.1, -0.05) is 13.3 Å². The van der Waals surface area contributed by atoms with Gasteiger partial charge in [-0.05, 0) is 55.9 Å². The summed E-state index contributed by atoms with van der Waals surface area (Å²) in [5, 5.41) is 2.45. The summed E-state index contributed by atoms with van der Waals surface area (Å²) in [7, 11) is 0. The molecular weight excluding hydrogens is 282 g/mol. The summed E-state index contributed by atoms with van der Waals surface area (Å²) in [5.74, 6) is 4.83. The van der Waals surface area contributed by atoms with E-state index in [1.54, 1.807) is 29.7 Å². The molecule has 0 aromatic heterocycles. The Balaban J connectivity index is 1.84. The Labute approximate surface area is 130 Å². The van der Waals surface area contributed by atoms with Gasteiger partial charge in [0.2, 0.25) is 0 Å². The van der Waals surface area contributed by atoms with Gasteiger partial charge in [0.1, 0.15) is 5.75 Å². The number of amides is 2. The molecule has 0 spiro atoms. The molecule has 6 heteroatoms. The largest absolute Gasteiger partial charge is 0.490 e. The third-order valence-electron chi connectivity index (χ3n) is 4.12. The Hall–Kier alpha value is -2.08. The lowest BCUT2D eigenvalue weighted by Crippen LogP contribution is -2.39. The molecule has 4 N–H and O–H groups in total. The normalized spacial score (nSPS) is 21.0. The Morgan fingerprint density at radius 1 is 1.14 bits per heavy atom. The van der Waals surface area contributed by atoms with Crippen molar-refractivity contribution in [2.24, 2.45) is 11.8 Å². The number of benzene rings is 1. The molecule has 1 fully saturated rings. The quantitative estimate of drug-likeness (QED) is 0.343. The molecule has 0 unspecified atom stereocenters. The summed E-state index contributed by atoms with van der Waals surface area (Å²) in [6.07, 6.45) is 6.15. The van der Waals surface area contributed by atoms with Crippen molar-refractivity contribution < 1.29 is 14.3 Å². The molecule has 1 saturated carbocycles. The van der Waals surface area contributed by atoms with E-state index in [4.69, 9.17) is 10.6 Å². The second-order valence-corrected chi connectivity index (χ2v) is 5.62. The smallest absolute Gasteiger partial charge is 0.323 e. The third-order valence-corrected chi connectivity index (χ3v) is 4.12. The fourth-order valence-electron chi connectivity index (χ4n) is 2.72. The van der Waals surface area contributed by atoms with Crippen LogP contribution in [0.2, 0.25) is 0 Å². The average molecular weight is 305 g/mol. The molecule has 0 atom stereocenters. The van der Waals surface area contributed by atoms with Crippen LogP contribution in [0.5, 0.6) is 5.75 Å². The van der Waals surface area contributed by atoms with E-state index in [1.165, 1.54) is 19.3 Å². The van der Waals surface area contributed by atoms with Gasteiger partial charge in [0.25, 0.3) is 0 Å². The van der Waals surface area contributed by atoms with E-state index in [1.807, 2.05) is 0 Å². The van der Waals surface area contributed by atoms with Gasteiger partial charge in [0.15, 0.2) is 0 Å². The molecular formula is C16H23N3O3. The summed E-state index contributed by atoms with van der Waals surface area (Å²) in [6, 6.07) is 6.99. The monoisotopic (exact) mass is 305 g/mol. The van der Waals surface area contributed by atoms with Crippen LogP contribution in [0, 0.1) is 5.92 Å². The molecule has 1 aliphatic rings. The van der Waals surface area contributed by atoms with Gasteiger partial charge < -0.3 is 10.1 Å². The van der Waals surface area contributed by atoms with Gasteiger partial charge in [-0.3, -0.25) is 15.0 Å². The second-order valence-electron chi connectivity index (χ2n) is 5.62. The number of hydrogen-bond acceptors (Lipinski definition) is 4. The van der Waals surface area contributed by atoms with Crippen LogP contribution in [0.3, 0.4) is 0 Å². The highest BCUT2D eigenvalue weighted by atomic mass is 16.5. The maximum Gasteiger partial charge on any atom is 0.323 e. The Kier molecular flexibility index (Phi) is 5.77. The van der Waals surface area contributed by atoms with Gasteiger partial charge in [-0.15, -0.1) is 0 Å². The zero-order chi connectivity index (χ0) is 15.9. The molecule has 120 valence electrons. The van der Waals surface area contributed by atoms with Crippen LogP contribution in [0.25, 0.3) is 0 Å². The lowest BCUT2D eigenvalue weighted by Gasteiger charge is -2.28. The van der Waals surface area contributed by atoms with Crippen molar-refractivity contribution in [2.75, 3.05) is 5.32 Å². The zero-order valence-corrected chi connectivity index (χ0v) is 12.8. The summed E-state index contributed by atoms with van der Waals surface area (Å²) in [5.41, 5.74) is 2.31. The fraction of sp³-hybridized carbons (Fsp3) is 0.500. The maximum absolute atomic E-state index is 11.4. The average Bonchev–Trinajstić information content (AvgIpc) is 2.56. The number of hydrazine groups is 1. The van der Waals surface area contributed by atoms with Crippen molar-refractivity contribution in [3.8, 4) is 5.75 Å². The predicted octanol–water partition coefficient (Wildman–Crippen LogP) is 1.96. The number of rotatable bonds is 4. The van der Waals surface area contributed by atoms with Gasteiger partial charge in [0, 0.05) is 5.69 Å². The number of carbonyl (C=O) groups excluding carboxylic acids is 2. The number of carbonyl (C=O) groups is 2. The van der Waals surface area contributed by atoms with Crippen LogP contribution in [0.15, 0.2) is 24.3 Å². The van der Waals surface area contributed by atoms with Crippen molar-refractivity contribution in [1.29, 1.82) is 0 Å². The van der Waals surface area contributed by atoms with E-state index in [2.05, 4.69) is 12.2 Å².